The molecule has 5 amide bonds. The first-order valence-corrected chi connectivity index (χ1v) is 12.9. The molecule has 1 fully saturated rings. The van der Waals surface area contributed by atoms with Crippen LogP contribution in [0.2, 0.25) is 0 Å². The van der Waals surface area contributed by atoms with Crippen LogP contribution in [0.4, 0.5) is 0 Å². The highest BCUT2D eigenvalue weighted by Gasteiger charge is 2.28. The Kier molecular flexibility index (Phi) is 15.6. The van der Waals surface area contributed by atoms with Gasteiger partial charge in [0.15, 0.2) is 0 Å². The molecule has 0 aromatic heterocycles. The van der Waals surface area contributed by atoms with Gasteiger partial charge < -0.3 is 37.4 Å². The summed E-state index contributed by atoms with van der Waals surface area (Å²) in [5.41, 5.74) is 5.30. The Morgan fingerprint density at radius 3 is 1.78 bits per heavy atom. The van der Waals surface area contributed by atoms with Crippen molar-refractivity contribution in [3.63, 3.8) is 0 Å². The van der Waals surface area contributed by atoms with E-state index >= 15 is 0 Å². The minimum Gasteiger partial charge on any atom is -0.480 e. The number of unbranched alkanes of at least 4 members (excludes halogenated alkanes) is 1. The SMILES string of the molecule is CNCCCCC(NC(=O)CCNC(=O)CCNC(=O)CCNC(=O)C1CCC(C(N)=O)CC1)C(=O)O. The summed E-state index contributed by atoms with van der Waals surface area (Å²) >= 11 is 0. The smallest absolute Gasteiger partial charge is 0.326 e. The third-order valence-corrected chi connectivity index (χ3v) is 6.30. The molecule has 37 heavy (non-hydrogen) atoms. The van der Waals surface area contributed by atoms with Crippen LogP contribution in [0.5, 0.6) is 0 Å². The Bertz CT molecular complexity index is 784. The van der Waals surface area contributed by atoms with Crippen LogP contribution >= 0.6 is 0 Å². The molecule has 0 aliphatic heterocycles. The van der Waals surface area contributed by atoms with Crippen LogP contribution in [0.1, 0.15) is 64.2 Å². The first-order valence-electron chi connectivity index (χ1n) is 12.9. The Morgan fingerprint density at radius 1 is 0.757 bits per heavy atom. The maximum absolute atomic E-state index is 12.2. The molecule has 13 nitrogen and oxygen atoms in total. The molecule has 0 aromatic carbocycles. The second-order valence-corrected chi connectivity index (χ2v) is 9.25. The van der Waals surface area contributed by atoms with Crippen molar-refractivity contribution in [2.45, 2.75) is 70.3 Å². The molecule has 0 spiro atoms. The van der Waals surface area contributed by atoms with Crippen LogP contribution in [0, 0.1) is 11.8 Å². The molecular weight excluding hydrogens is 484 g/mol. The summed E-state index contributed by atoms with van der Waals surface area (Å²) in [5, 5.41) is 22.6. The Morgan fingerprint density at radius 2 is 1.27 bits per heavy atom. The molecule has 0 saturated heterocycles. The van der Waals surface area contributed by atoms with Gasteiger partial charge in [-0.25, -0.2) is 4.79 Å². The zero-order valence-electron chi connectivity index (χ0n) is 21.6. The molecule has 1 rings (SSSR count). The maximum atomic E-state index is 12.2. The number of hydrogen-bond donors (Lipinski definition) is 7. The molecule has 210 valence electrons. The number of carbonyl (C=O) groups excluding carboxylic acids is 5. The van der Waals surface area contributed by atoms with Gasteiger partial charge in [0.2, 0.25) is 29.5 Å². The molecule has 1 unspecified atom stereocenters. The lowest BCUT2D eigenvalue weighted by atomic mass is 9.81. The molecule has 1 atom stereocenters. The van der Waals surface area contributed by atoms with E-state index in [1.54, 1.807) is 0 Å². The van der Waals surface area contributed by atoms with Crippen molar-refractivity contribution in [2.24, 2.45) is 17.6 Å². The number of primary amides is 1. The minimum atomic E-state index is -1.09. The zero-order chi connectivity index (χ0) is 27.6. The molecule has 0 aromatic rings. The van der Waals surface area contributed by atoms with Gasteiger partial charge in [0.1, 0.15) is 6.04 Å². The number of carboxylic acids is 1. The van der Waals surface area contributed by atoms with Crippen LogP contribution < -0.4 is 32.3 Å². The van der Waals surface area contributed by atoms with E-state index in [-0.39, 0.29) is 74.4 Å². The van der Waals surface area contributed by atoms with Crippen molar-refractivity contribution in [1.29, 1.82) is 0 Å². The van der Waals surface area contributed by atoms with Crippen LogP contribution in [0.3, 0.4) is 0 Å². The van der Waals surface area contributed by atoms with Crippen molar-refractivity contribution in [3.05, 3.63) is 0 Å². The summed E-state index contributed by atoms with van der Waals surface area (Å²) in [7, 11) is 1.81. The highest BCUT2D eigenvalue weighted by Crippen LogP contribution is 2.28. The van der Waals surface area contributed by atoms with E-state index in [2.05, 4.69) is 26.6 Å². The van der Waals surface area contributed by atoms with Gasteiger partial charge in [0.05, 0.1) is 0 Å². The third-order valence-electron chi connectivity index (χ3n) is 6.30. The minimum absolute atomic E-state index is 0.0199. The number of rotatable bonds is 18. The van der Waals surface area contributed by atoms with Gasteiger partial charge >= 0.3 is 5.97 Å². The monoisotopic (exact) mass is 526 g/mol. The Labute approximate surface area is 217 Å². The second kappa shape index (κ2) is 18.1. The predicted octanol–water partition coefficient (Wildman–Crippen LogP) is -1.24. The molecule has 8 N–H and O–H groups in total. The van der Waals surface area contributed by atoms with Gasteiger partial charge in [-0.05, 0) is 58.5 Å². The van der Waals surface area contributed by atoms with Gasteiger partial charge in [-0.2, -0.15) is 0 Å². The van der Waals surface area contributed by atoms with E-state index in [1.165, 1.54) is 0 Å². The van der Waals surface area contributed by atoms with E-state index in [0.717, 1.165) is 13.0 Å². The predicted molar refractivity (Wildman–Crippen MR) is 135 cm³/mol. The summed E-state index contributed by atoms with van der Waals surface area (Å²) in [4.78, 5) is 70.5. The van der Waals surface area contributed by atoms with E-state index in [4.69, 9.17) is 5.73 Å². The maximum Gasteiger partial charge on any atom is 0.326 e. The number of amides is 5. The quantitative estimate of drug-likeness (QED) is 0.107. The van der Waals surface area contributed by atoms with E-state index in [9.17, 15) is 33.9 Å². The number of nitrogens with two attached hydrogens (primary N) is 1. The summed E-state index contributed by atoms with van der Waals surface area (Å²) in [6, 6.07) is -0.961. The van der Waals surface area contributed by atoms with Gasteiger partial charge in [0.25, 0.3) is 0 Å². The van der Waals surface area contributed by atoms with Gasteiger partial charge in [-0.15, -0.1) is 0 Å². The van der Waals surface area contributed by atoms with Crippen molar-refractivity contribution >= 4 is 35.5 Å². The Hall–Kier alpha value is -3.22. The molecular formula is C24H42N6O7. The standard InChI is InChI=1S/C24H42N6O7/c1-26-12-3-2-4-18(24(36)37)30-21(33)11-14-28-19(31)9-13-27-20(32)10-15-29-23(35)17-7-5-16(6-8-17)22(25)34/h16-18,26H,2-15H2,1H3,(H2,25,34)(H,27,32)(H,28,31)(H,29,35)(H,30,33)(H,36,37). The number of hydrogen-bond acceptors (Lipinski definition) is 7. The highest BCUT2D eigenvalue weighted by molar-refractivity contribution is 5.84. The number of carbonyl (C=O) groups is 6. The van der Waals surface area contributed by atoms with Crippen molar-refractivity contribution in [2.75, 3.05) is 33.2 Å². The summed E-state index contributed by atoms with van der Waals surface area (Å²) in [5.74, 6) is -3.02. The molecule has 13 heteroatoms. The van der Waals surface area contributed by atoms with Gasteiger partial charge in [0, 0.05) is 50.7 Å². The van der Waals surface area contributed by atoms with E-state index < -0.39 is 17.9 Å². The molecule has 0 heterocycles. The number of aliphatic carboxylic acids is 1. The van der Waals surface area contributed by atoms with Crippen LogP contribution in [0.15, 0.2) is 0 Å². The first-order chi connectivity index (χ1) is 17.6. The fraction of sp³-hybridized carbons (Fsp3) is 0.750. The fourth-order valence-corrected chi connectivity index (χ4v) is 4.07. The van der Waals surface area contributed by atoms with Crippen molar-refractivity contribution < 1.29 is 33.9 Å². The lowest BCUT2D eigenvalue weighted by molar-refractivity contribution is -0.142. The van der Waals surface area contributed by atoms with E-state index in [1.807, 2.05) is 7.05 Å². The first kappa shape index (κ1) is 31.8. The third kappa shape index (κ3) is 14.2. The van der Waals surface area contributed by atoms with Gasteiger partial charge in [-0.1, -0.05) is 0 Å². The van der Waals surface area contributed by atoms with Crippen LogP contribution in [0.25, 0.3) is 0 Å². The molecule has 0 radical (unpaired) electrons. The molecule has 1 saturated carbocycles. The largest absolute Gasteiger partial charge is 0.480 e. The van der Waals surface area contributed by atoms with E-state index in [0.29, 0.717) is 38.5 Å². The Balaban J connectivity index is 2.11. The summed E-state index contributed by atoms with van der Waals surface area (Å²) in [6.07, 6.45) is 4.22. The molecule has 1 aliphatic rings. The highest BCUT2D eigenvalue weighted by atomic mass is 16.4. The van der Waals surface area contributed by atoms with Crippen molar-refractivity contribution in [1.82, 2.24) is 26.6 Å². The number of nitrogens with one attached hydrogen (secondary N) is 5. The van der Waals surface area contributed by atoms with Crippen LogP contribution in [-0.2, 0) is 28.8 Å². The number of carboxylic acid groups (broad SMARTS) is 1. The fourth-order valence-electron chi connectivity index (χ4n) is 4.07. The van der Waals surface area contributed by atoms with Crippen LogP contribution in [-0.4, -0.2) is 79.9 Å². The molecule has 0 bridgehead atoms. The van der Waals surface area contributed by atoms with Gasteiger partial charge in [-0.3, -0.25) is 24.0 Å². The topological polar surface area (TPSA) is 209 Å². The lowest BCUT2D eigenvalue weighted by Crippen LogP contribution is -2.42. The normalized spacial score (nSPS) is 17.8. The van der Waals surface area contributed by atoms with Crippen molar-refractivity contribution in [3.8, 4) is 0 Å². The zero-order valence-corrected chi connectivity index (χ0v) is 21.6. The lowest BCUT2D eigenvalue weighted by Gasteiger charge is -2.25. The second-order valence-electron chi connectivity index (χ2n) is 9.25. The molecule has 1 aliphatic carbocycles. The summed E-state index contributed by atoms with van der Waals surface area (Å²) < 4.78 is 0. The summed E-state index contributed by atoms with van der Waals surface area (Å²) in [6.45, 7) is 1.10. The average molecular weight is 527 g/mol. The average Bonchev–Trinajstić information content (AvgIpc) is 2.85.